The van der Waals surface area contributed by atoms with E-state index in [9.17, 15) is 0 Å². The van der Waals surface area contributed by atoms with Crippen LogP contribution in [0.25, 0.3) is 83.4 Å². The third-order valence-electron chi connectivity index (χ3n) is 10.1. The number of nitrogens with zero attached hydrogens (tertiary/aromatic N) is 4. The zero-order chi connectivity index (χ0) is 41.3. The minimum absolute atomic E-state index is 0. The zero-order valence-electron chi connectivity index (χ0n) is 35.6. The molecule has 0 aliphatic carbocycles. The summed E-state index contributed by atoms with van der Waals surface area (Å²) in [4.78, 5) is 14.3. The minimum atomic E-state index is -1.70. The third kappa shape index (κ3) is 7.32. The zero-order valence-corrected chi connectivity index (χ0v) is 37.0. The molecule has 10 rings (SSSR count). The summed E-state index contributed by atoms with van der Waals surface area (Å²) in [7, 11) is -1.70. The molecule has 0 saturated heterocycles. The number of pyridine rings is 2. The van der Waals surface area contributed by atoms with Crippen LogP contribution in [0.3, 0.4) is 0 Å². The molecule has 6 nitrogen and oxygen atoms in total. The number of rotatable bonds is 5. The fraction of sp³-hybridized carbons (Fsp3) is 0.180. The molecule has 291 valence electrons. The van der Waals surface area contributed by atoms with Gasteiger partial charge in [-0.1, -0.05) is 105 Å². The van der Waals surface area contributed by atoms with Gasteiger partial charge in [-0.2, -0.15) is 0 Å². The van der Waals surface area contributed by atoms with E-state index < -0.39 is 19.9 Å². The fourth-order valence-corrected chi connectivity index (χ4v) is 8.88. The second-order valence-electron chi connectivity index (χ2n) is 16.5. The van der Waals surface area contributed by atoms with E-state index in [2.05, 4.69) is 82.7 Å². The van der Waals surface area contributed by atoms with E-state index in [0.29, 0.717) is 5.71 Å². The topological polar surface area (TPSA) is 69.9 Å². The maximum absolute atomic E-state index is 8.75. The van der Waals surface area contributed by atoms with Crippen LogP contribution in [0.5, 0.6) is 0 Å². The largest absolute Gasteiger partial charge is 0.486 e. The fourth-order valence-electron chi connectivity index (χ4n) is 7.49. The van der Waals surface area contributed by atoms with Gasteiger partial charge in [-0.05, 0) is 66.0 Å². The van der Waals surface area contributed by atoms with E-state index >= 15 is 0 Å². The van der Waals surface area contributed by atoms with Gasteiger partial charge in [0, 0.05) is 50.9 Å². The van der Waals surface area contributed by atoms with Crippen LogP contribution in [-0.2, 0) is 26.5 Å². The van der Waals surface area contributed by atoms with E-state index in [4.69, 9.17) is 16.6 Å². The van der Waals surface area contributed by atoms with Gasteiger partial charge >= 0.3 is 0 Å². The van der Waals surface area contributed by atoms with Crippen molar-refractivity contribution in [2.75, 3.05) is 0 Å². The molecule has 0 N–H and O–H groups in total. The summed E-state index contributed by atoms with van der Waals surface area (Å²) in [5.41, 5.74) is 9.49. The van der Waals surface area contributed by atoms with Crippen molar-refractivity contribution in [2.45, 2.75) is 53.7 Å². The summed E-state index contributed by atoms with van der Waals surface area (Å²) in [6, 6.07) is 46.8. The first-order chi connectivity index (χ1) is 28.2. The Balaban J connectivity index is 0.000000182. The molecule has 0 aliphatic rings. The molecule has 5 heterocycles. The van der Waals surface area contributed by atoms with Crippen molar-refractivity contribution in [3.63, 3.8) is 0 Å². The summed E-state index contributed by atoms with van der Waals surface area (Å²) in [5.74, 6) is 0.741. The number of aromatic nitrogens is 4. The van der Waals surface area contributed by atoms with Crippen LogP contribution >= 0.6 is 0 Å². The molecular formula is C50H44IrN4O2Si-2. The molecule has 0 atom stereocenters. The van der Waals surface area contributed by atoms with Crippen molar-refractivity contribution in [3.8, 4) is 28.3 Å². The van der Waals surface area contributed by atoms with Gasteiger partial charge in [-0.25, -0.2) is 4.98 Å². The van der Waals surface area contributed by atoms with Gasteiger partial charge in [0.2, 0.25) is 5.71 Å². The molecule has 0 fully saturated rings. The molecule has 1 radical (unpaired) electrons. The second kappa shape index (κ2) is 15.3. The summed E-state index contributed by atoms with van der Waals surface area (Å²) >= 11 is 0. The molecule has 0 unspecified atom stereocenters. The smallest absolute Gasteiger partial charge is 0.216 e. The van der Waals surface area contributed by atoms with Crippen molar-refractivity contribution in [2.24, 2.45) is 5.41 Å². The van der Waals surface area contributed by atoms with Crippen LogP contribution in [0.4, 0.5) is 0 Å². The van der Waals surface area contributed by atoms with Crippen molar-refractivity contribution >= 4 is 68.3 Å². The molecular weight excluding hydrogens is 909 g/mol. The van der Waals surface area contributed by atoms with Gasteiger partial charge in [-0.3, -0.25) is 4.98 Å². The van der Waals surface area contributed by atoms with Crippen LogP contribution in [0.1, 0.15) is 34.8 Å². The van der Waals surface area contributed by atoms with Crippen molar-refractivity contribution in [1.82, 2.24) is 19.5 Å². The van der Waals surface area contributed by atoms with Gasteiger partial charge in [0.15, 0.2) is 5.58 Å². The Kier molecular flexibility index (Phi) is 9.64. The molecule has 5 aromatic heterocycles. The molecule has 0 aliphatic heterocycles. The summed E-state index contributed by atoms with van der Waals surface area (Å²) in [6.45, 7) is 14.5. The van der Waals surface area contributed by atoms with Crippen molar-refractivity contribution < 1.29 is 31.7 Å². The maximum Gasteiger partial charge on any atom is 0.216 e. The molecule has 10 aromatic rings. The second-order valence-corrected chi connectivity index (χ2v) is 21.6. The van der Waals surface area contributed by atoms with E-state index in [-0.39, 0.29) is 20.1 Å². The maximum atomic E-state index is 8.75. The third-order valence-corrected chi connectivity index (χ3v) is 12.1. The Morgan fingerprint density at radius 1 is 0.741 bits per heavy atom. The number of benzene rings is 5. The first-order valence-corrected chi connectivity index (χ1v) is 22.8. The van der Waals surface area contributed by atoms with E-state index in [0.717, 1.165) is 94.1 Å². The monoisotopic (exact) mass is 955 g/mol. The van der Waals surface area contributed by atoms with Crippen LogP contribution < -0.4 is 5.19 Å². The summed E-state index contributed by atoms with van der Waals surface area (Å²) in [5, 5.41) is 5.22. The average Bonchev–Trinajstić information content (AvgIpc) is 3.91. The molecule has 5 aromatic carbocycles. The van der Waals surface area contributed by atoms with E-state index in [1.54, 1.807) is 0 Å². The quantitative estimate of drug-likeness (QED) is 0.127. The van der Waals surface area contributed by atoms with Gasteiger partial charge < -0.3 is 18.4 Å². The van der Waals surface area contributed by atoms with Gasteiger partial charge in [0.25, 0.3) is 0 Å². The minimum Gasteiger partial charge on any atom is -0.486 e. The summed E-state index contributed by atoms with van der Waals surface area (Å²) < 4.78 is 32.4. The Bertz CT molecular complexity index is 3190. The van der Waals surface area contributed by atoms with Gasteiger partial charge in [0.1, 0.15) is 5.58 Å². The number of fused-ring (bicyclic) bond motifs is 7. The van der Waals surface area contributed by atoms with Crippen LogP contribution in [-0.4, -0.2) is 27.6 Å². The SMILES string of the molecule is Cc1ccc2c(n1)oc1c(-c3nc4ccccc4n3-c3cccc4c3oc3ccccc34)[c-]ccc12.[2H]C([2H])(c1cc(-c2[c-]cccc2)ncc1[Si](C)(C)C)C(C)(C)C.[Ir]. The number of imidazole rings is 1. The molecule has 58 heavy (non-hydrogen) atoms. The molecule has 0 bridgehead atoms. The predicted octanol–water partition coefficient (Wildman–Crippen LogP) is 12.7. The predicted molar refractivity (Wildman–Crippen MR) is 237 cm³/mol. The van der Waals surface area contributed by atoms with E-state index in [1.165, 1.54) is 0 Å². The van der Waals surface area contributed by atoms with Crippen molar-refractivity contribution in [3.05, 3.63) is 151 Å². The molecule has 0 saturated carbocycles. The number of furan rings is 2. The molecule has 8 heteroatoms. The number of aryl methyl sites for hydroxylation is 1. The Hall–Kier alpha value is -5.66. The first kappa shape index (κ1) is 36.7. The number of hydrogen-bond donors (Lipinski definition) is 0. The van der Waals surface area contributed by atoms with Crippen molar-refractivity contribution in [1.29, 1.82) is 0 Å². The Morgan fingerprint density at radius 3 is 2.29 bits per heavy atom. The van der Waals surface area contributed by atoms with Gasteiger partial charge in [-0.15, -0.1) is 54.1 Å². The molecule has 0 spiro atoms. The number of hydrogen-bond acceptors (Lipinski definition) is 5. The standard InChI is InChI=1S/C31H18N3O2.C19H26NSi.Ir/c1-18-16-17-22-21-9-6-11-23(28(21)36-31(22)32-18)30-33-24-12-3-4-13-25(24)34(30)26-14-7-10-20-19-8-2-5-15-27(19)35-29(20)26;1-19(2,3)13-16-12-17(15-10-8-7-9-11-15)20-14-18(16)21(4,5)6;/h2-10,12-17H,1H3;7-10,12,14H,13H2,1-6H3;/q2*-1;/i;13D2;. The van der Waals surface area contributed by atoms with E-state index in [1.807, 2.05) is 119 Å². The van der Waals surface area contributed by atoms with Gasteiger partial charge in [0.05, 0.1) is 36.2 Å². The summed E-state index contributed by atoms with van der Waals surface area (Å²) in [6.07, 6.45) is 0.469. The molecule has 0 amide bonds. The first-order valence-electron chi connectivity index (χ1n) is 20.3. The van der Waals surface area contributed by atoms with Crippen LogP contribution in [0.2, 0.25) is 19.6 Å². The van der Waals surface area contributed by atoms with Crippen LogP contribution in [0.15, 0.2) is 136 Å². The number of para-hydroxylation sites is 4. The normalized spacial score (nSPS) is 12.7. The Labute approximate surface area is 356 Å². The average molecular weight is 955 g/mol. The van der Waals surface area contributed by atoms with Crippen LogP contribution in [0, 0.1) is 24.5 Å². The Morgan fingerprint density at radius 2 is 1.50 bits per heavy atom.